The average Bonchev–Trinajstić information content (AvgIpc) is 2.72. The number of nitrogens with zero attached hydrogens (tertiary/aromatic N) is 3. The highest BCUT2D eigenvalue weighted by Crippen LogP contribution is 2.28. The Kier molecular flexibility index (Phi) is 4.34. The molecule has 1 aromatic carbocycles. The highest BCUT2D eigenvalue weighted by atomic mass is 79.9. The van der Waals surface area contributed by atoms with Gasteiger partial charge in [0, 0.05) is 29.2 Å². The van der Waals surface area contributed by atoms with E-state index < -0.39 is 0 Å². The van der Waals surface area contributed by atoms with E-state index in [4.69, 9.17) is 17.4 Å². The molecule has 2 rings (SSSR count). The van der Waals surface area contributed by atoms with Gasteiger partial charge in [-0.15, -0.1) is 5.10 Å². The number of hydrazine groups is 1. The summed E-state index contributed by atoms with van der Waals surface area (Å²) in [5.74, 6) is 5.61. The molecule has 96 valence electrons. The van der Waals surface area contributed by atoms with Crippen molar-refractivity contribution in [2.24, 2.45) is 12.9 Å². The first kappa shape index (κ1) is 13.5. The van der Waals surface area contributed by atoms with Crippen molar-refractivity contribution in [3.05, 3.63) is 45.1 Å². The van der Waals surface area contributed by atoms with Crippen LogP contribution in [0.4, 0.5) is 0 Å². The Labute approximate surface area is 118 Å². The minimum atomic E-state index is -0.0478. The first-order valence-electron chi connectivity index (χ1n) is 5.36. The largest absolute Gasteiger partial charge is 0.271 e. The minimum absolute atomic E-state index is 0.0478. The van der Waals surface area contributed by atoms with E-state index in [9.17, 15) is 0 Å². The highest BCUT2D eigenvalue weighted by molar-refractivity contribution is 9.10. The number of rotatable bonds is 4. The van der Waals surface area contributed by atoms with Crippen molar-refractivity contribution < 1.29 is 0 Å². The van der Waals surface area contributed by atoms with E-state index in [0.29, 0.717) is 11.4 Å². The lowest BCUT2D eigenvalue weighted by Crippen LogP contribution is -2.30. The molecule has 3 N–H and O–H groups in total. The summed E-state index contributed by atoms with van der Waals surface area (Å²) in [5.41, 5.74) is 4.70. The molecule has 0 bridgehead atoms. The molecule has 2 aromatic rings. The zero-order valence-corrected chi connectivity index (χ0v) is 12.1. The van der Waals surface area contributed by atoms with Gasteiger partial charge in [-0.2, -0.15) is 0 Å². The lowest BCUT2D eigenvalue weighted by Gasteiger charge is -2.16. The van der Waals surface area contributed by atoms with Crippen LogP contribution >= 0.6 is 27.5 Å². The van der Waals surface area contributed by atoms with Crippen LogP contribution in [-0.4, -0.2) is 15.0 Å². The van der Waals surface area contributed by atoms with Gasteiger partial charge in [0.15, 0.2) is 0 Å². The maximum Gasteiger partial charge on any atom is 0.0846 e. The summed E-state index contributed by atoms with van der Waals surface area (Å²) in [4.78, 5) is 0. The maximum absolute atomic E-state index is 5.92. The van der Waals surface area contributed by atoms with Gasteiger partial charge >= 0.3 is 0 Å². The fourth-order valence-electron chi connectivity index (χ4n) is 1.74. The molecular weight excluding hydrogens is 318 g/mol. The quantitative estimate of drug-likeness (QED) is 0.664. The molecule has 0 fully saturated rings. The third-order valence-corrected chi connectivity index (χ3v) is 3.52. The average molecular weight is 331 g/mol. The smallest absolute Gasteiger partial charge is 0.0846 e. The second-order valence-corrected chi connectivity index (χ2v) is 5.26. The Balaban J connectivity index is 2.22. The number of halogens is 2. The van der Waals surface area contributed by atoms with Crippen LogP contribution in [0.25, 0.3) is 0 Å². The Bertz CT molecular complexity index is 542. The third kappa shape index (κ3) is 3.08. The van der Waals surface area contributed by atoms with E-state index in [1.807, 2.05) is 31.4 Å². The summed E-state index contributed by atoms with van der Waals surface area (Å²) < 4.78 is 2.58. The van der Waals surface area contributed by atoms with Gasteiger partial charge < -0.3 is 0 Å². The van der Waals surface area contributed by atoms with E-state index >= 15 is 0 Å². The van der Waals surface area contributed by atoms with Crippen molar-refractivity contribution in [3.8, 4) is 0 Å². The molecule has 1 aromatic heterocycles. The first-order valence-corrected chi connectivity index (χ1v) is 6.53. The number of aromatic nitrogens is 3. The molecular formula is C11H13BrClN5. The molecule has 1 heterocycles. The number of nitrogens with two attached hydrogens (primary N) is 1. The molecule has 0 aliphatic carbocycles. The minimum Gasteiger partial charge on any atom is -0.271 e. The van der Waals surface area contributed by atoms with E-state index in [2.05, 4.69) is 31.7 Å². The van der Waals surface area contributed by atoms with Crippen molar-refractivity contribution in [1.82, 2.24) is 20.4 Å². The monoisotopic (exact) mass is 329 g/mol. The normalized spacial score (nSPS) is 12.7. The maximum atomic E-state index is 5.92. The zero-order valence-electron chi connectivity index (χ0n) is 9.77. The van der Waals surface area contributed by atoms with Crippen molar-refractivity contribution in [2.75, 3.05) is 0 Å². The molecule has 0 aliphatic rings. The summed E-state index contributed by atoms with van der Waals surface area (Å²) in [5, 5.41) is 8.63. The molecule has 7 heteroatoms. The highest BCUT2D eigenvalue weighted by Gasteiger charge is 2.15. The summed E-state index contributed by atoms with van der Waals surface area (Å²) in [6, 6.07) is 5.57. The number of aryl methyl sites for hydroxylation is 1. The van der Waals surface area contributed by atoms with Gasteiger partial charge in [0.2, 0.25) is 0 Å². The molecule has 1 unspecified atom stereocenters. The molecule has 0 saturated heterocycles. The predicted octanol–water partition coefficient (Wildman–Crippen LogP) is 1.98. The van der Waals surface area contributed by atoms with E-state index in [1.165, 1.54) is 0 Å². The Morgan fingerprint density at radius 3 is 2.89 bits per heavy atom. The van der Waals surface area contributed by atoms with Crippen LogP contribution in [0.15, 0.2) is 28.9 Å². The predicted molar refractivity (Wildman–Crippen MR) is 73.9 cm³/mol. The molecule has 0 aliphatic heterocycles. The standard InChI is InChI=1S/C11H13BrClN5/c1-18-6-8(16-17-18)5-11(15-14)9-3-2-7(13)4-10(9)12/h2-4,6,11,15H,5,14H2,1H3. The molecule has 0 spiro atoms. The van der Waals surface area contributed by atoms with Crippen LogP contribution in [0.5, 0.6) is 0 Å². The summed E-state index contributed by atoms with van der Waals surface area (Å²) in [6.07, 6.45) is 2.53. The van der Waals surface area contributed by atoms with E-state index in [1.54, 1.807) is 4.68 Å². The lowest BCUT2D eigenvalue weighted by molar-refractivity contribution is 0.543. The Morgan fingerprint density at radius 2 is 2.33 bits per heavy atom. The van der Waals surface area contributed by atoms with Crippen LogP contribution in [0, 0.1) is 0 Å². The second-order valence-electron chi connectivity index (χ2n) is 3.97. The molecule has 18 heavy (non-hydrogen) atoms. The van der Waals surface area contributed by atoms with Crippen molar-refractivity contribution in [2.45, 2.75) is 12.5 Å². The summed E-state index contributed by atoms with van der Waals surface area (Å²) in [6.45, 7) is 0. The van der Waals surface area contributed by atoms with Crippen molar-refractivity contribution in [3.63, 3.8) is 0 Å². The van der Waals surface area contributed by atoms with E-state index in [0.717, 1.165) is 15.7 Å². The van der Waals surface area contributed by atoms with Crippen LogP contribution in [0.2, 0.25) is 5.02 Å². The SMILES string of the molecule is Cn1cc(CC(NN)c2ccc(Cl)cc2Br)nn1. The molecule has 0 radical (unpaired) electrons. The Morgan fingerprint density at radius 1 is 1.56 bits per heavy atom. The van der Waals surface area contributed by atoms with Gasteiger partial charge in [-0.1, -0.05) is 38.8 Å². The molecule has 1 atom stereocenters. The fraction of sp³-hybridized carbons (Fsp3) is 0.273. The number of benzene rings is 1. The molecule has 0 amide bonds. The van der Waals surface area contributed by atoms with Crippen molar-refractivity contribution in [1.29, 1.82) is 0 Å². The van der Waals surface area contributed by atoms with Gasteiger partial charge in [-0.05, 0) is 17.7 Å². The molecule has 5 nitrogen and oxygen atoms in total. The summed E-state index contributed by atoms with van der Waals surface area (Å²) in [7, 11) is 1.83. The zero-order chi connectivity index (χ0) is 13.1. The van der Waals surface area contributed by atoms with Gasteiger partial charge in [-0.3, -0.25) is 16.0 Å². The van der Waals surface area contributed by atoms with E-state index in [-0.39, 0.29) is 6.04 Å². The van der Waals surface area contributed by atoms with Crippen LogP contribution in [0.3, 0.4) is 0 Å². The van der Waals surface area contributed by atoms with Gasteiger partial charge in [-0.25, -0.2) is 0 Å². The topological polar surface area (TPSA) is 68.8 Å². The molecule has 0 saturated carbocycles. The summed E-state index contributed by atoms with van der Waals surface area (Å²) >= 11 is 9.41. The van der Waals surface area contributed by atoms with Gasteiger partial charge in [0.1, 0.15) is 0 Å². The van der Waals surface area contributed by atoms with Crippen LogP contribution in [0.1, 0.15) is 17.3 Å². The van der Waals surface area contributed by atoms with Gasteiger partial charge in [0.25, 0.3) is 0 Å². The van der Waals surface area contributed by atoms with Crippen LogP contribution < -0.4 is 11.3 Å². The third-order valence-electron chi connectivity index (χ3n) is 2.60. The first-order chi connectivity index (χ1) is 8.60. The van der Waals surface area contributed by atoms with Crippen molar-refractivity contribution >= 4 is 27.5 Å². The number of nitrogens with one attached hydrogen (secondary N) is 1. The number of hydrogen-bond acceptors (Lipinski definition) is 4. The van der Waals surface area contributed by atoms with Crippen LogP contribution in [-0.2, 0) is 13.5 Å². The number of hydrogen-bond donors (Lipinski definition) is 2. The van der Waals surface area contributed by atoms with Gasteiger partial charge in [0.05, 0.1) is 11.7 Å². The fourth-order valence-corrected chi connectivity index (χ4v) is 2.70. The lowest BCUT2D eigenvalue weighted by atomic mass is 10.0. The second kappa shape index (κ2) is 5.79. The Hall–Kier alpha value is -0.950.